The molecule has 0 aliphatic rings. The Morgan fingerprint density at radius 3 is 0.903 bits per heavy atom. The lowest BCUT2D eigenvalue weighted by Gasteiger charge is -2.01. The molecule has 0 unspecified atom stereocenters. The maximum atomic E-state index is 4.37. The third-order valence-electron chi connectivity index (χ3n) is 9.47. The van der Waals surface area contributed by atoms with Crippen molar-refractivity contribution in [1.29, 1.82) is 0 Å². The Balaban J connectivity index is 0.000000438. The fourth-order valence-corrected chi connectivity index (χ4v) is 6.82. The van der Waals surface area contributed by atoms with E-state index < -0.39 is 0 Å². The first kappa shape index (κ1) is 62.2. The Morgan fingerprint density at radius 1 is 0.208 bits per heavy atom. The molecule has 8 heteroatoms. The summed E-state index contributed by atoms with van der Waals surface area (Å²) < 4.78 is 0. The van der Waals surface area contributed by atoms with E-state index in [9.17, 15) is 0 Å². The number of aromatic nitrogens is 8. The smallest absolute Gasteiger partial charge is 0.0964 e. The van der Waals surface area contributed by atoms with Crippen LogP contribution in [-0.4, -0.2) is 39.9 Å². The summed E-state index contributed by atoms with van der Waals surface area (Å²) >= 11 is 0. The van der Waals surface area contributed by atoms with E-state index in [4.69, 9.17) is 0 Å². The normalized spacial score (nSPS) is 9.11. The molecule has 0 aliphatic carbocycles. The van der Waals surface area contributed by atoms with Crippen molar-refractivity contribution in [2.75, 3.05) is 0 Å². The summed E-state index contributed by atoms with van der Waals surface area (Å²) in [6.45, 7) is 32.0. The summed E-state index contributed by atoms with van der Waals surface area (Å²) in [5.74, 6) is 0. The third-order valence-corrected chi connectivity index (χ3v) is 9.47. The highest BCUT2D eigenvalue weighted by molar-refractivity contribution is 6.06. The first-order chi connectivity index (χ1) is 35.8. The van der Waals surface area contributed by atoms with Gasteiger partial charge in [-0.15, -0.1) is 0 Å². The summed E-state index contributed by atoms with van der Waals surface area (Å²) in [4.78, 5) is 34.4. The van der Waals surface area contributed by atoms with E-state index in [1.807, 2.05) is 221 Å². The first-order valence-corrected chi connectivity index (χ1v) is 26.1. The predicted molar refractivity (Wildman–Crippen MR) is 319 cm³/mol. The maximum absolute atomic E-state index is 4.37. The lowest BCUT2D eigenvalue weighted by Crippen LogP contribution is -1.83. The SMILES string of the molecule is CC.CC.CC.CC.CC.CC.CC.CC.c1cnc2c(c1)ccc1cccnc12.c1cnc2c(c1)ccc1ncccc12.c1cnc2ccc3cnccc3c2c1.c1cnc2ccc3ncccc3c2c1. The standard InChI is InChI=1S/4C12H8N2.8C2H6/c1-3-9-5-6-11-10(4-2-7-13-11)12(9)14-8-1;1-3-9-10-4-2-8-14-12(10)6-5-11(9)13-7-1;1-3-9-5-6-10-4-2-8-14-12(10)11(9)13-7-1;1-2-11-10-5-7-13-8-9(10)3-4-12(11)14-6-1;8*1-2/h4*1-8H;8*1-2H3. The molecule has 0 saturated carbocycles. The van der Waals surface area contributed by atoms with Crippen LogP contribution < -0.4 is 0 Å². The van der Waals surface area contributed by atoms with Gasteiger partial charge in [0.2, 0.25) is 0 Å². The van der Waals surface area contributed by atoms with Gasteiger partial charge in [0.05, 0.1) is 38.6 Å². The molecule has 0 saturated heterocycles. The number of nitrogens with zero attached hydrogens (tertiary/aromatic N) is 8. The summed E-state index contributed by atoms with van der Waals surface area (Å²) in [5, 5.41) is 10.4. The van der Waals surface area contributed by atoms with Crippen molar-refractivity contribution in [2.24, 2.45) is 0 Å². The second-order valence-electron chi connectivity index (χ2n) is 12.9. The van der Waals surface area contributed by atoms with E-state index in [2.05, 4.69) is 107 Å². The number of hydrogen-bond donors (Lipinski definition) is 0. The molecule has 0 bridgehead atoms. The van der Waals surface area contributed by atoms with Crippen LogP contribution in [0, 0.1) is 0 Å². The predicted octanol–water partition coefficient (Wildman–Crippen LogP) is 19.3. The fraction of sp³-hybridized carbons (Fsp3) is 0.250. The molecule has 8 nitrogen and oxygen atoms in total. The molecule has 0 aliphatic heterocycles. The molecular formula is C64H80N8. The van der Waals surface area contributed by atoms with Gasteiger partial charge in [-0.25, -0.2) is 0 Å². The lowest BCUT2D eigenvalue weighted by atomic mass is 10.1. The molecule has 4 aromatic carbocycles. The van der Waals surface area contributed by atoms with Gasteiger partial charge < -0.3 is 0 Å². The van der Waals surface area contributed by atoms with Gasteiger partial charge in [0, 0.05) is 98.9 Å². The fourth-order valence-electron chi connectivity index (χ4n) is 6.82. The number of benzene rings is 4. The second-order valence-corrected chi connectivity index (χ2v) is 12.9. The molecule has 0 atom stereocenters. The van der Waals surface area contributed by atoms with E-state index in [-0.39, 0.29) is 0 Å². The Bertz CT molecular complexity index is 2640. The molecule has 0 amide bonds. The van der Waals surface area contributed by atoms with Crippen molar-refractivity contribution < 1.29 is 0 Å². The van der Waals surface area contributed by atoms with Crippen LogP contribution >= 0.6 is 0 Å². The topological polar surface area (TPSA) is 103 Å². The van der Waals surface area contributed by atoms with Crippen LogP contribution in [0.3, 0.4) is 0 Å². The van der Waals surface area contributed by atoms with Gasteiger partial charge >= 0.3 is 0 Å². The summed E-state index contributed by atoms with van der Waals surface area (Å²) in [6, 6.07) is 46.4. The Hall–Kier alpha value is -7.84. The Morgan fingerprint density at radius 2 is 0.486 bits per heavy atom. The zero-order chi connectivity index (χ0) is 53.5. The number of pyridine rings is 8. The molecule has 8 heterocycles. The molecule has 8 aromatic heterocycles. The monoisotopic (exact) mass is 961 g/mol. The average Bonchev–Trinajstić information content (AvgIpc) is 3.51. The van der Waals surface area contributed by atoms with Crippen molar-refractivity contribution >= 4 is 87.1 Å². The summed E-state index contributed by atoms with van der Waals surface area (Å²) in [7, 11) is 0. The Labute approximate surface area is 431 Å². The molecule has 0 N–H and O–H groups in total. The van der Waals surface area contributed by atoms with E-state index in [1.165, 1.54) is 10.8 Å². The van der Waals surface area contributed by atoms with Crippen LogP contribution in [0.5, 0.6) is 0 Å². The minimum atomic E-state index is 0.977. The van der Waals surface area contributed by atoms with Gasteiger partial charge in [0.1, 0.15) is 0 Å². The van der Waals surface area contributed by atoms with Crippen molar-refractivity contribution in [3.63, 3.8) is 0 Å². The number of fused-ring (bicyclic) bond motifs is 12. The molecular weight excluding hydrogens is 881 g/mol. The zero-order valence-electron chi connectivity index (χ0n) is 46.1. The molecule has 0 radical (unpaired) electrons. The zero-order valence-corrected chi connectivity index (χ0v) is 46.1. The molecule has 376 valence electrons. The van der Waals surface area contributed by atoms with Crippen LogP contribution in [0.2, 0.25) is 0 Å². The van der Waals surface area contributed by atoms with E-state index in [0.717, 1.165) is 76.3 Å². The van der Waals surface area contributed by atoms with Crippen LogP contribution in [0.15, 0.2) is 195 Å². The van der Waals surface area contributed by atoms with Crippen molar-refractivity contribution in [3.05, 3.63) is 195 Å². The van der Waals surface area contributed by atoms with Crippen molar-refractivity contribution in [3.8, 4) is 0 Å². The molecule has 12 rings (SSSR count). The average molecular weight is 961 g/mol. The van der Waals surface area contributed by atoms with Gasteiger partial charge in [-0.05, 0) is 84.2 Å². The van der Waals surface area contributed by atoms with Gasteiger partial charge in [-0.1, -0.05) is 171 Å². The Kier molecular flexibility index (Phi) is 32.8. The van der Waals surface area contributed by atoms with E-state index in [0.29, 0.717) is 0 Å². The second kappa shape index (κ2) is 38.0. The maximum Gasteiger partial charge on any atom is 0.0964 e. The first-order valence-electron chi connectivity index (χ1n) is 26.1. The lowest BCUT2D eigenvalue weighted by molar-refractivity contribution is 1.36. The molecule has 12 aromatic rings. The largest absolute Gasteiger partial charge is 0.264 e. The van der Waals surface area contributed by atoms with Crippen molar-refractivity contribution in [1.82, 2.24) is 39.9 Å². The van der Waals surface area contributed by atoms with Gasteiger partial charge in [0.25, 0.3) is 0 Å². The highest BCUT2D eigenvalue weighted by Gasteiger charge is 2.03. The van der Waals surface area contributed by atoms with Crippen LogP contribution in [0.25, 0.3) is 87.1 Å². The molecule has 0 fully saturated rings. The van der Waals surface area contributed by atoms with Crippen LogP contribution in [0.4, 0.5) is 0 Å². The van der Waals surface area contributed by atoms with E-state index in [1.54, 1.807) is 18.6 Å². The minimum absolute atomic E-state index is 0.977. The molecule has 0 spiro atoms. The van der Waals surface area contributed by atoms with Gasteiger partial charge in [0.15, 0.2) is 0 Å². The van der Waals surface area contributed by atoms with Gasteiger partial charge in [-0.2, -0.15) is 0 Å². The number of rotatable bonds is 0. The third kappa shape index (κ3) is 17.2. The highest BCUT2D eigenvalue weighted by atomic mass is 14.7. The number of hydrogen-bond acceptors (Lipinski definition) is 8. The highest BCUT2D eigenvalue weighted by Crippen LogP contribution is 2.24. The van der Waals surface area contributed by atoms with E-state index >= 15 is 0 Å². The summed E-state index contributed by atoms with van der Waals surface area (Å²) in [5.41, 5.74) is 7.06. The van der Waals surface area contributed by atoms with Crippen LogP contribution in [0.1, 0.15) is 111 Å². The molecule has 72 heavy (non-hydrogen) atoms. The minimum Gasteiger partial charge on any atom is -0.264 e. The van der Waals surface area contributed by atoms with Crippen molar-refractivity contribution in [2.45, 2.75) is 111 Å². The van der Waals surface area contributed by atoms with Gasteiger partial charge in [-0.3, -0.25) is 39.9 Å². The quantitative estimate of drug-likeness (QED) is 0.138. The van der Waals surface area contributed by atoms with Crippen LogP contribution in [-0.2, 0) is 0 Å². The summed E-state index contributed by atoms with van der Waals surface area (Å²) in [6.07, 6.45) is 16.3.